The van der Waals surface area contributed by atoms with E-state index in [4.69, 9.17) is 11.6 Å². The molecule has 0 bridgehead atoms. The Morgan fingerprint density at radius 1 is 1.28 bits per heavy atom. The molecule has 1 aromatic carbocycles. The lowest BCUT2D eigenvalue weighted by Gasteiger charge is -1.95. The molecule has 126 valence electrons. The molecule has 0 fully saturated rings. The molecule has 2 heterocycles. The molecule has 0 aliphatic heterocycles. The number of hydrazone groups is 1. The minimum atomic E-state index is -0.401. The Hall–Kier alpha value is -2.22. The second-order valence-electron chi connectivity index (χ2n) is 4.91. The van der Waals surface area contributed by atoms with Crippen molar-refractivity contribution in [2.45, 2.75) is 0 Å². The maximum Gasteiger partial charge on any atom is 0.291 e. The number of allylic oxidation sites excluding steroid dienone is 1. The van der Waals surface area contributed by atoms with Crippen LogP contribution in [-0.2, 0) is 0 Å². The Labute approximate surface area is 161 Å². The minimum absolute atomic E-state index is 0.250. The van der Waals surface area contributed by atoms with Gasteiger partial charge in [0.25, 0.3) is 5.91 Å². The highest BCUT2D eigenvalue weighted by Gasteiger charge is 2.11. The lowest BCUT2D eigenvalue weighted by atomic mass is 10.2. The van der Waals surface area contributed by atoms with Crippen LogP contribution < -0.4 is 5.43 Å². The van der Waals surface area contributed by atoms with E-state index in [2.05, 4.69) is 36.7 Å². The van der Waals surface area contributed by atoms with Crippen LogP contribution in [0.5, 0.6) is 0 Å². The number of hydrogen-bond donors (Lipinski definition) is 2. The number of amides is 1. The number of aromatic nitrogens is 2. The number of halogens is 2. The number of rotatable bonds is 5. The van der Waals surface area contributed by atoms with E-state index < -0.39 is 5.91 Å². The molecule has 0 saturated carbocycles. The highest BCUT2D eigenvalue weighted by atomic mass is 79.9. The van der Waals surface area contributed by atoms with Crippen LogP contribution in [0.1, 0.15) is 16.1 Å². The van der Waals surface area contributed by atoms with Crippen molar-refractivity contribution in [1.29, 1.82) is 0 Å². The third-order valence-corrected chi connectivity index (χ3v) is 4.81. The van der Waals surface area contributed by atoms with Crippen LogP contribution in [0.4, 0.5) is 0 Å². The van der Waals surface area contributed by atoms with Gasteiger partial charge >= 0.3 is 0 Å². The molecule has 25 heavy (non-hydrogen) atoms. The highest BCUT2D eigenvalue weighted by molar-refractivity contribution is 9.12. The van der Waals surface area contributed by atoms with Crippen molar-refractivity contribution < 1.29 is 4.79 Å². The van der Waals surface area contributed by atoms with Crippen LogP contribution in [0.25, 0.3) is 16.6 Å². The zero-order valence-corrected chi connectivity index (χ0v) is 15.9. The van der Waals surface area contributed by atoms with E-state index in [1.807, 2.05) is 42.5 Å². The van der Waals surface area contributed by atoms with Gasteiger partial charge in [0.1, 0.15) is 0 Å². The van der Waals surface area contributed by atoms with Crippen molar-refractivity contribution in [3.63, 3.8) is 0 Å². The summed E-state index contributed by atoms with van der Waals surface area (Å²) in [6.45, 7) is 0. The Kier molecular flexibility index (Phi) is 5.80. The zero-order valence-electron chi connectivity index (χ0n) is 12.7. The van der Waals surface area contributed by atoms with Crippen LogP contribution in [0.15, 0.2) is 58.1 Å². The van der Waals surface area contributed by atoms with Crippen molar-refractivity contribution in [2.75, 3.05) is 0 Å². The maximum absolute atomic E-state index is 12.1. The fraction of sp³-hybridized carbons (Fsp3) is 0. The lowest BCUT2D eigenvalue weighted by molar-refractivity contribution is 0.0950. The fourth-order valence-electron chi connectivity index (χ4n) is 1.98. The topological polar surface area (TPSA) is 70.1 Å². The average Bonchev–Trinajstić information content (AvgIpc) is 3.24. The van der Waals surface area contributed by atoms with Gasteiger partial charge in [-0.2, -0.15) is 10.2 Å². The van der Waals surface area contributed by atoms with Gasteiger partial charge in [0, 0.05) is 4.48 Å². The zero-order chi connectivity index (χ0) is 17.6. The Morgan fingerprint density at radius 2 is 2.08 bits per heavy atom. The van der Waals surface area contributed by atoms with Gasteiger partial charge in [0.15, 0.2) is 5.69 Å². The second-order valence-corrected chi connectivity index (χ2v) is 7.54. The molecule has 3 rings (SSSR count). The number of benzene rings is 1. The largest absolute Gasteiger partial charge is 0.291 e. The summed E-state index contributed by atoms with van der Waals surface area (Å²) in [6.07, 6.45) is 3.40. The van der Waals surface area contributed by atoms with Crippen LogP contribution in [-0.4, -0.2) is 22.3 Å². The van der Waals surface area contributed by atoms with Crippen molar-refractivity contribution in [1.82, 2.24) is 15.6 Å². The fourth-order valence-corrected chi connectivity index (χ4v) is 3.35. The smallest absolute Gasteiger partial charge is 0.276 e. The number of hydrogen-bond acceptors (Lipinski definition) is 4. The lowest BCUT2D eigenvalue weighted by Crippen LogP contribution is -2.17. The summed E-state index contributed by atoms with van der Waals surface area (Å²) >= 11 is 10.7. The number of nitrogens with one attached hydrogen (secondary N) is 2. The van der Waals surface area contributed by atoms with Crippen LogP contribution >= 0.6 is 38.9 Å². The third kappa shape index (κ3) is 4.88. The van der Waals surface area contributed by atoms with Gasteiger partial charge in [-0.3, -0.25) is 9.89 Å². The molecule has 0 spiro atoms. The number of carbonyl (C=O) groups excluding carboxylic acids is 1. The molecule has 2 aromatic heterocycles. The summed E-state index contributed by atoms with van der Waals surface area (Å²) in [4.78, 5) is 13.0. The Bertz CT molecular complexity index is 933. The summed E-state index contributed by atoms with van der Waals surface area (Å²) in [5, 5.41) is 10.7. The summed E-state index contributed by atoms with van der Waals surface area (Å²) in [6, 6.07) is 15.1. The molecule has 3 aromatic rings. The minimum Gasteiger partial charge on any atom is -0.276 e. The maximum atomic E-state index is 12.1. The van der Waals surface area contributed by atoms with E-state index in [1.165, 1.54) is 17.6 Å². The van der Waals surface area contributed by atoms with E-state index in [0.717, 1.165) is 20.6 Å². The first-order valence-electron chi connectivity index (χ1n) is 7.18. The van der Waals surface area contributed by atoms with Gasteiger partial charge in [0.2, 0.25) is 0 Å². The van der Waals surface area contributed by atoms with Gasteiger partial charge in [-0.1, -0.05) is 41.9 Å². The molecule has 2 N–H and O–H groups in total. The quantitative estimate of drug-likeness (QED) is 0.440. The Morgan fingerprint density at radius 3 is 2.80 bits per heavy atom. The number of carbonyl (C=O) groups is 1. The van der Waals surface area contributed by atoms with E-state index in [-0.39, 0.29) is 5.69 Å². The first-order valence-corrected chi connectivity index (χ1v) is 9.17. The molecule has 0 aliphatic rings. The van der Waals surface area contributed by atoms with Gasteiger partial charge in [0.05, 0.1) is 21.1 Å². The Balaban J connectivity index is 1.61. The molecular weight excluding hydrogens is 424 g/mol. The summed E-state index contributed by atoms with van der Waals surface area (Å²) in [5.41, 5.74) is 4.45. The van der Waals surface area contributed by atoms with E-state index in [1.54, 1.807) is 12.1 Å². The molecule has 5 nitrogen and oxygen atoms in total. The molecular formula is C17H12BrClN4OS. The standard InChI is InChI=1S/C17H12BrClN4OS/c18-12(8-11-4-2-1-3-5-11)10-20-23-17(24)14-9-13(21-22-14)15-6-7-16(19)25-15/h1-10H,(H,21,22)(H,23,24)/b12-8-,20-10-. The third-order valence-electron chi connectivity index (χ3n) is 3.11. The van der Waals surface area contributed by atoms with Gasteiger partial charge in [-0.15, -0.1) is 11.3 Å². The molecule has 8 heteroatoms. The molecule has 0 saturated heterocycles. The van der Waals surface area contributed by atoms with E-state index in [9.17, 15) is 4.79 Å². The SMILES string of the molecule is O=C(N/N=C\C(Br)=C\c1ccccc1)c1cc(-c2ccc(Cl)s2)[nH]n1. The summed E-state index contributed by atoms with van der Waals surface area (Å²) < 4.78 is 1.41. The van der Waals surface area contributed by atoms with Crippen LogP contribution in [0.2, 0.25) is 4.34 Å². The number of aromatic amines is 1. The number of H-pyrrole nitrogens is 1. The first kappa shape index (κ1) is 17.6. The van der Waals surface area contributed by atoms with Crippen molar-refractivity contribution in [3.05, 3.63) is 68.6 Å². The number of nitrogens with zero attached hydrogens (tertiary/aromatic N) is 2. The van der Waals surface area contributed by atoms with Crippen LogP contribution in [0, 0.1) is 0 Å². The average molecular weight is 436 g/mol. The molecule has 0 atom stereocenters. The first-order chi connectivity index (χ1) is 12.1. The summed E-state index contributed by atoms with van der Waals surface area (Å²) in [7, 11) is 0. The molecule has 0 aliphatic carbocycles. The molecule has 0 unspecified atom stereocenters. The second kappa shape index (κ2) is 8.24. The molecule has 0 radical (unpaired) electrons. The van der Waals surface area contributed by atoms with Gasteiger partial charge < -0.3 is 0 Å². The van der Waals surface area contributed by atoms with Crippen molar-refractivity contribution in [2.24, 2.45) is 5.10 Å². The number of thiophene rings is 1. The van der Waals surface area contributed by atoms with Crippen molar-refractivity contribution in [3.8, 4) is 10.6 Å². The van der Waals surface area contributed by atoms with Gasteiger partial charge in [-0.05, 0) is 45.8 Å². The van der Waals surface area contributed by atoms with E-state index in [0.29, 0.717) is 4.34 Å². The van der Waals surface area contributed by atoms with Crippen molar-refractivity contribution >= 4 is 57.1 Å². The molecule has 1 amide bonds. The summed E-state index contributed by atoms with van der Waals surface area (Å²) in [5.74, 6) is -0.401. The van der Waals surface area contributed by atoms with Crippen LogP contribution in [0.3, 0.4) is 0 Å². The predicted molar refractivity (Wildman–Crippen MR) is 106 cm³/mol. The van der Waals surface area contributed by atoms with E-state index >= 15 is 0 Å². The normalized spacial score (nSPS) is 11.8. The predicted octanol–water partition coefficient (Wildman–Crippen LogP) is 4.94. The monoisotopic (exact) mass is 434 g/mol. The van der Waals surface area contributed by atoms with Gasteiger partial charge in [-0.25, -0.2) is 5.43 Å². The highest BCUT2D eigenvalue weighted by Crippen LogP contribution is 2.29.